The van der Waals surface area contributed by atoms with Crippen molar-refractivity contribution in [2.75, 3.05) is 5.32 Å². The van der Waals surface area contributed by atoms with Gasteiger partial charge < -0.3 is 5.32 Å². The molecule has 0 radical (unpaired) electrons. The van der Waals surface area contributed by atoms with Crippen molar-refractivity contribution in [3.8, 4) is 0 Å². The molecule has 21 heavy (non-hydrogen) atoms. The molecule has 1 aliphatic rings. The highest BCUT2D eigenvalue weighted by Crippen LogP contribution is 2.40. The number of nitro benzene ring substituents is 1. The first-order valence-corrected chi connectivity index (χ1v) is 7.21. The van der Waals surface area contributed by atoms with E-state index in [-0.39, 0.29) is 10.6 Å². The minimum Gasteiger partial charge on any atom is -0.381 e. The highest BCUT2D eigenvalue weighted by atomic mass is 16.6. The lowest BCUT2D eigenvalue weighted by molar-refractivity contribution is -0.384. The Hall–Kier alpha value is -2.36. The monoisotopic (exact) mass is 282 g/mol. The van der Waals surface area contributed by atoms with Crippen molar-refractivity contribution in [1.82, 2.24) is 0 Å². The van der Waals surface area contributed by atoms with E-state index in [0.717, 1.165) is 23.7 Å². The molecule has 1 aliphatic carbocycles. The van der Waals surface area contributed by atoms with Gasteiger partial charge in [0.05, 0.1) is 4.92 Å². The Balaban J connectivity index is 1.69. The van der Waals surface area contributed by atoms with Crippen LogP contribution in [0, 0.1) is 17.0 Å². The largest absolute Gasteiger partial charge is 0.381 e. The first-order valence-electron chi connectivity index (χ1n) is 7.21. The third kappa shape index (κ3) is 3.21. The molecule has 0 spiro atoms. The van der Waals surface area contributed by atoms with Crippen molar-refractivity contribution in [2.24, 2.45) is 0 Å². The van der Waals surface area contributed by atoms with Crippen molar-refractivity contribution >= 4 is 11.4 Å². The van der Waals surface area contributed by atoms with E-state index in [2.05, 4.69) is 29.6 Å². The normalized spacial score (nSPS) is 14.0. The molecule has 1 saturated carbocycles. The summed E-state index contributed by atoms with van der Waals surface area (Å²) in [6.07, 6.45) is 2.61. The maximum atomic E-state index is 10.7. The van der Waals surface area contributed by atoms with E-state index in [4.69, 9.17) is 0 Å². The molecule has 108 valence electrons. The highest BCUT2D eigenvalue weighted by Gasteiger charge is 2.23. The number of nitrogens with one attached hydrogen (secondary N) is 1. The van der Waals surface area contributed by atoms with Gasteiger partial charge in [0.1, 0.15) is 0 Å². The summed E-state index contributed by atoms with van der Waals surface area (Å²) in [7, 11) is 0. The van der Waals surface area contributed by atoms with Gasteiger partial charge in [-0.2, -0.15) is 0 Å². The van der Waals surface area contributed by atoms with Crippen molar-refractivity contribution < 1.29 is 4.92 Å². The molecule has 0 aliphatic heterocycles. The molecule has 0 heterocycles. The van der Waals surface area contributed by atoms with Gasteiger partial charge in [0.25, 0.3) is 5.69 Å². The number of aryl methyl sites for hydroxylation is 1. The summed E-state index contributed by atoms with van der Waals surface area (Å²) in [6, 6.07) is 13.6. The minimum atomic E-state index is -0.365. The van der Waals surface area contributed by atoms with Crippen LogP contribution in [0.4, 0.5) is 11.4 Å². The number of rotatable bonds is 5. The molecule has 0 unspecified atom stereocenters. The highest BCUT2D eigenvalue weighted by molar-refractivity contribution is 5.55. The first kappa shape index (κ1) is 13.6. The fraction of sp³-hybridized carbons (Fsp3) is 0.294. The Morgan fingerprint density at radius 1 is 1.24 bits per heavy atom. The topological polar surface area (TPSA) is 55.2 Å². The van der Waals surface area contributed by atoms with E-state index < -0.39 is 0 Å². The molecule has 4 heteroatoms. The van der Waals surface area contributed by atoms with Gasteiger partial charge >= 0.3 is 0 Å². The summed E-state index contributed by atoms with van der Waals surface area (Å²) in [5, 5.41) is 14.1. The number of anilines is 1. The maximum absolute atomic E-state index is 10.7. The van der Waals surface area contributed by atoms with Crippen LogP contribution in [0.3, 0.4) is 0 Å². The van der Waals surface area contributed by atoms with Crippen LogP contribution in [0.1, 0.15) is 35.4 Å². The summed E-state index contributed by atoms with van der Waals surface area (Å²) < 4.78 is 0. The van der Waals surface area contributed by atoms with E-state index >= 15 is 0 Å². The number of hydrogen-bond acceptors (Lipinski definition) is 3. The summed E-state index contributed by atoms with van der Waals surface area (Å²) in [5.41, 5.74) is 4.64. The zero-order chi connectivity index (χ0) is 14.8. The van der Waals surface area contributed by atoms with Crippen LogP contribution >= 0.6 is 0 Å². The van der Waals surface area contributed by atoms with Gasteiger partial charge in [-0.25, -0.2) is 0 Å². The van der Waals surface area contributed by atoms with E-state index in [0.29, 0.717) is 0 Å². The molecule has 2 aromatic carbocycles. The van der Waals surface area contributed by atoms with Gasteiger partial charge in [0.2, 0.25) is 0 Å². The Morgan fingerprint density at radius 3 is 2.71 bits per heavy atom. The predicted octanol–water partition coefficient (Wildman–Crippen LogP) is 4.39. The van der Waals surface area contributed by atoms with Gasteiger partial charge in [-0.15, -0.1) is 0 Å². The van der Waals surface area contributed by atoms with Gasteiger partial charge in [-0.3, -0.25) is 10.1 Å². The standard InChI is InChI=1S/C17H18N2O2/c1-12-9-16(19(20)21)7-8-17(12)18-11-13-3-2-4-15(10-13)14-5-6-14/h2-4,7-10,14,18H,5-6,11H2,1H3. The lowest BCUT2D eigenvalue weighted by atomic mass is 10.1. The smallest absolute Gasteiger partial charge is 0.269 e. The SMILES string of the molecule is Cc1cc([N+](=O)[O-])ccc1NCc1cccc(C2CC2)c1. The summed E-state index contributed by atoms with van der Waals surface area (Å²) in [4.78, 5) is 10.4. The summed E-state index contributed by atoms with van der Waals surface area (Å²) >= 11 is 0. The first-order chi connectivity index (χ1) is 10.1. The van der Waals surface area contributed by atoms with Gasteiger partial charge in [0, 0.05) is 24.4 Å². The lowest BCUT2D eigenvalue weighted by Crippen LogP contribution is -2.02. The van der Waals surface area contributed by atoms with E-state index in [1.165, 1.54) is 30.0 Å². The third-order valence-electron chi connectivity index (χ3n) is 3.90. The number of benzene rings is 2. The van der Waals surface area contributed by atoms with Gasteiger partial charge in [-0.05, 0) is 48.4 Å². The molecule has 1 N–H and O–H groups in total. The molecule has 0 amide bonds. The molecular weight excluding hydrogens is 264 g/mol. The van der Waals surface area contributed by atoms with Crippen LogP contribution in [0.15, 0.2) is 42.5 Å². The van der Waals surface area contributed by atoms with Crippen molar-refractivity contribution in [3.63, 3.8) is 0 Å². The van der Waals surface area contributed by atoms with Crippen LogP contribution < -0.4 is 5.32 Å². The zero-order valence-corrected chi connectivity index (χ0v) is 12.0. The number of non-ortho nitro benzene ring substituents is 1. The Morgan fingerprint density at radius 2 is 2.05 bits per heavy atom. The molecule has 3 rings (SSSR count). The second-order valence-electron chi connectivity index (χ2n) is 5.63. The quantitative estimate of drug-likeness (QED) is 0.653. The van der Waals surface area contributed by atoms with E-state index in [1.54, 1.807) is 12.1 Å². The second-order valence-corrected chi connectivity index (χ2v) is 5.63. The third-order valence-corrected chi connectivity index (χ3v) is 3.90. The van der Waals surface area contributed by atoms with Crippen molar-refractivity contribution in [1.29, 1.82) is 0 Å². The Kier molecular flexibility index (Phi) is 3.60. The fourth-order valence-corrected chi connectivity index (χ4v) is 2.53. The van der Waals surface area contributed by atoms with Crippen LogP contribution in [-0.2, 0) is 6.54 Å². The zero-order valence-electron chi connectivity index (χ0n) is 12.0. The average molecular weight is 282 g/mol. The molecule has 1 fully saturated rings. The van der Waals surface area contributed by atoms with Crippen molar-refractivity contribution in [2.45, 2.75) is 32.2 Å². The Labute approximate surface area is 124 Å². The molecule has 4 nitrogen and oxygen atoms in total. The average Bonchev–Trinajstić information content (AvgIpc) is 3.31. The molecule has 0 bridgehead atoms. The van der Waals surface area contributed by atoms with E-state index in [1.807, 2.05) is 6.92 Å². The maximum Gasteiger partial charge on any atom is 0.269 e. The second kappa shape index (κ2) is 5.56. The van der Waals surface area contributed by atoms with Crippen LogP contribution in [0.2, 0.25) is 0 Å². The molecule has 0 aromatic heterocycles. The number of nitrogens with zero attached hydrogens (tertiary/aromatic N) is 1. The summed E-state index contributed by atoms with van der Waals surface area (Å²) in [5.74, 6) is 0.756. The van der Waals surface area contributed by atoms with Gasteiger partial charge in [-0.1, -0.05) is 24.3 Å². The number of nitro groups is 1. The van der Waals surface area contributed by atoms with Crippen LogP contribution in [0.5, 0.6) is 0 Å². The van der Waals surface area contributed by atoms with Gasteiger partial charge in [0.15, 0.2) is 0 Å². The fourth-order valence-electron chi connectivity index (χ4n) is 2.53. The van der Waals surface area contributed by atoms with Crippen LogP contribution in [0.25, 0.3) is 0 Å². The summed E-state index contributed by atoms with van der Waals surface area (Å²) in [6.45, 7) is 2.62. The van der Waals surface area contributed by atoms with Crippen molar-refractivity contribution in [3.05, 3.63) is 69.3 Å². The molecule has 0 atom stereocenters. The van der Waals surface area contributed by atoms with E-state index in [9.17, 15) is 10.1 Å². The molecule has 0 saturated heterocycles. The Bertz CT molecular complexity index is 678. The number of hydrogen-bond donors (Lipinski definition) is 1. The van der Waals surface area contributed by atoms with Crippen LogP contribution in [-0.4, -0.2) is 4.92 Å². The molecule has 2 aromatic rings. The predicted molar refractivity (Wildman–Crippen MR) is 83.6 cm³/mol. The minimum absolute atomic E-state index is 0.133. The molecular formula is C17H18N2O2. The lowest BCUT2D eigenvalue weighted by Gasteiger charge is -2.10.